The average molecular weight is 739 g/mol. The first-order valence-corrected chi connectivity index (χ1v) is 21.4. The highest BCUT2D eigenvalue weighted by atomic mass is 32.1. The Hall–Kier alpha value is -3.38. The Bertz CT molecular complexity index is 1650. The molecule has 13 heteroatoms. The normalized spacial score (nSPS) is 17.7. The molecular formula is C38H54N4O7SSi. The molecule has 278 valence electrons. The number of thiazole rings is 1. The highest BCUT2D eigenvalue weighted by Gasteiger charge is 2.47. The highest BCUT2D eigenvalue weighted by molar-refractivity contribution is 7.13. The van der Waals surface area contributed by atoms with Gasteiger partial charge >= 0.3 is 0 Å². The number of nitrogens with one attached hydrogen (secondary N) is 1. The highest BCUT2D eigenvalue weighted by Crippen LogP contribution is 2.40. The van der Waals surface area contributed by atoms with Crippen molar-refractivity contribution < 1.29 is 33.1 Å². The summed E-state index contributed by atoms with van der Waals surface area (Å²) in [4.78, 5) is 35.4. The summed E-state index contributed by atoms with van der Waals surface area (Å²) >= 11 is 1.51. The van der Waals surface area contributed by atoms with Crippen LogP contribution in [0.15, 0.2) is 40.4 Å². The smallest absolute Gasteiger partial charge is 0.243 e. The molecule has 2 aromatic heterocycles. The van der Waals surface area contributed by atoms with E-state index in [1.165, 1.54) is 11.3 Å². The first-order valence-electron chi connectivity index (χ1n) is 17.6. The Kier molecular flexibility index (Phi) is 14.2. The average Bonchev–Trinajstić information content (AvgIpc) is 3.82. The molecule has 1 aliphatic rings. The van der Waals surface area contributed by atoms with E-state index < -0.39 is 20.3 Å². The molecule has 3 aromatic rings. The van der Waals surface area contributed by atoms with Gasteiger partial charge in [-0.25, -0.2) is 4.98 Å². The lowest BCUT2D eigenvalue weighted by molar-refractivity contribution is -0.141. The monoisotopic (exact) mass is 738 g/mol. The lowest BCUT2D eigenvalue weighted by Crippen LogP contribution is -2.48. The topological polar surface area (TPSA) is 136 Å². The van der Waals surface area contributed by atoms with Crippen LogP contribution < -0.4 is 5.32 Å². The molecule has 2 N–H and O–H groups in total. The second-order valence-corrected chi connectivity index (χ2v) is 20.5. The molecule has 11 nitrogen and oxygen atoms in total. The summed E-state index contributed by atoms with van der Waals surface area (Å²) in [6, 6.07) is 8.82. The molecule has 3 heterocycles. The summed E-state index contributed by atoms with van der Waals surface area (Å²) in [5.74, 6) is 5.62. The maximum atomic E-state index is 14.3. The molecule has 4 atom stereocenters. The summed E-state index contributed by atoms with van der Waals surface area (Å²) in [7, 11) is -2.17. The molecule has 1 saturated heterocycles. The van der Waals surface area contributed by atoms with Crippen molar-refractivity contribution in [3.8, 4) is 22.3 Å². The Labute approximate surface area is 307 Å². The van der Waals surface area contributed by atoms with Crippen LogP contribution in [0.3, 0.4) is 0 Å². The molecule has 0 saturated carbocycles. The molecule has 1 aliphatic heterocycles. The van der Waals surface area contributed by atoms with Crippen LogP contribution in [0.25, 0.3) is 10.4 Å². The largest absolute Gasteiger partial charge is 0.412 e. The van der Waals surface area contributed by atoms with Crippen molar-refractivity contribution in [2.75, 3.05) is 39.6 Å². The zero-order valence-corrected chi connectivity index (χ0v) is 33.3. The number of amides is 2. The fourth-order valence-corrected chi connectivity index (χ4v) is 7.90. The Morgan fingerprint density at radius 1 is 1.14 bits per heavy atom. The minimum atomic E-state index is -2.17. The van der Waals surface area contributed by atoms with Crippen molar-refractivity contribution in [3.63, 3.8) is 0 Å². The number of nitrogens with zero attached hydrogens (tertiary/aromatic N) is 3. The van der Waals surface area contributed by atoms with Gasteiger partial charge in [0.25, 0.3) is 0 Å². The lowest BCUT2D eigenvalue weighted by Gasteiger charge is -2.38. The van der Waals surface area contributed by atoms with Crippen molar-refractivity contribution in [1.29, 1.82) is 0 Å². The van der Waals surface area contributed by atoms with E-state index in [1.807, 2.05) is 52.0 Å². The van der Waals surface area contributed by atoms with Crippen molar-refractivity contribution in [2.24, 2.45) is 5.92 Å². The van der Waals surface area contributed by atoms with Crippen molar-refractivity contribution in [3.05, 3.63) is 58.6 Å². The van der Waals surface area contributed by atoms with E-state index >= 15 is 0 Å². The predicted octanol–water partition coefficient (Wildman–Crippen LogP) is 6.09. The third-order valence-electron chi connectivity index (χ3n) is 9.59. The van der Waals surface area contributed by atoms with Crippen molar-refractivity contribution >= 4 is 31.5 Å². The molecular weight excluding hydrogens is 685 g/mol. The van der Waals surface area contributed by atoms with E-state index in [2.05, 4.69) is 61.2 Å². The quantitative estimate of drug-likeness (QED) is 0.108. The molecule has 0 bridgehead atoms. The molecule has 0 radical (unpaired) electrons. The molecule has 1 aromatic carbocycles. The summed E-state index contributed by atoms with van der Waals surface area (Å²) in [6.07, 6.45) is 0.173. The van der Waals surface area contributed by atoms with E-state index in [4.69, 9.17) is 23.5 Å². The van der Waals surface area contributed by atoms with Crippen LogP contribution in [-0.2, 0) is 23.5 Å². The molecule has 4 rings (SSSR count). The zero-order valence-electron chi connectivity index (χ0n) is 31.4. The van der Waals surface area contributed by atoms with E-state index in [0.29, 0.717) is 49.9 Å². The van der Waals surface area contributed by atoms with Gasteiger partial charge in [-0.3, -0.25) is 9.59 Å². The molecule has 51 heavy (non-hydrogen) atoms. The van der Waals surface area contributed by atoms with Gasteiger partial charge in [-0.2, -0.15) is 0 Å². The maximum absolute atomic E-state index is 14.3. The number of likely N-dealkylation sites (tertiary alicyclic amines) is 1. The van der Waals surface area contributed by atoms with Crippen LogP contribution in [0.1, 0.15) is 82.6 Å². The van der Waals surface area contributed by atoms with E-state index in [-0.39, 0.29) is 48.1 Å². The Balaban J connectivity index is 1.46. The van der Waals surface area contributed by atoms with Crippen LogP contribution in [0.2, 0.25) is 18.1 Å². The summed E-state index contributed by atoms with van der Waals surface area (Å²) in [5, 5.41) is 16.0. The van der Waals surface area contributed by atoms with Crippen LogP contribution in [-0.4, -0.2) is 92.0 Å². The number of rotatable bonds is 15. The minimum absolute atomic E-state index is 0.0128. The lowest BCUT2D eigenvalue weighted by atomic mass is 9.91. The third kappa shape index (κ3) is 10.6. The van der Waals surface area contributed by atoms with Gasteiger partial charge < -0.3 is 33.7 Å². The number of ether oxygens (including phenoxy) is 2. The number of carbonyl (C=O) groups excluding carboxylic acids is 2. The van der Waals surface area contributed by atoms with Crippen LogP contribution in [0.5, 0.6) is 0 Å². The Morgan fingerprint density at radius 2 is 1.84 bits per heavy atom. The van der Waals surface area contributed by atoms with Crippen molar-refractivity contribution in [2.45, 2.75) is 97.1 Å². The predicted molar refractivity (Wildman–Crippen MR) is 201 cm³/mol. The fraction of sp³-hybridized carbons (Fsp3) is 0.579. The van der Waals surface area contributed by atoms with Gasteiger partial charge in [-0.1, -0.05) is 70.0 Å². The number of aromatic nitrogens is 2. The second-order valence-electron chi connectivity index (χ2n) is 14.9. The summed E-state index contributed by atoms with van der Waals surface area (Å²) in [6.45, 7) is 20.4. The van der Waals surface area contributed by atoms with Crippen molar-refractivity contribution in [1.82, 2.24) is 20.4 Å². The molecule has 0 unspecified atom stereocenters. The standard InChI is InChI=1S/C38H54N4O7SSi/c1-25(2)34(33-21-26(3)41-48-33)37(45)42-23-30(49-51(8,9)38(5,6)7)22-32(42)36(44)40-27(4)28-12-14-29(15-13-28)35-31(39-24-50-35)11-10-17-46-19-20-47-18-16-43/h12-15,21,24-25,27,30,32,34,43H,16-20,22-23H2,1-9H3,(H,40,44)/t27-,30+,32-,34+/m0/s1. The summed E-state index contributed by atoms with van der Waals surface area (Å²) in [5.41, 5.74) is 5.06. The number of aryl methyl sites for hydroxylation is 1. The van der Waals surface area contributed by atoms with Gasteiger partial charge in [0.05, 0.1) is 54.7 Å². The minimum Gasteiger partial charge on any atom is -0.412 e. The number of hydrogen-bond acceptors (Lipinski definition) is 10. The van der Waals surface area contributed by atoms with Gasteiger partial charge in [0.2, 0.25) is 11.8 Å². The summed E-state index contributed by atoms with van der Waals surface area (Å²) < 4.78 is 23.0. The maximum Gasteiger partial charge on any atom is 0.243 e. The molecule has 1 fully saturated rings. The number of benzene rings is 1. The van der Waals surface area contributed by atoms with Crippen LogP contribution >= 0.6 is 11.3 Å². The first-order chi connectivity index (χ1) is 24.1. The van der Waals surface area contributed by atoms with Crippen LogP contribution in [0.4, 0.5) is 0 Å². The number of hydrogen-bond donors (Lipinski definition) is 2. The van der Waals surface area contributed by atoms with Gasteiger partial charge in [0, 0.05) is 19.0 Å². The third-order valence-corrected chi connectivity index (χ3v) is 15.0. The van der Waals surface area contributed by atoms with Gasteiger partial charge in [0.15, 0.2) is 8.32 Å². The molecule has 2 amide bonds. The zero-order chi connectivity index (χ0) is 37.3. The number of aliphatic hydroxyl groups excluding tert-OH is 1. The second kappa shape index (κ2) is 17.9. The molecule has 0 spiro atoms. The fourth-order valence-electron chi connectivity index (χ4n) is 5.80. The number of aliphatic hydroxyl groups is 1. The SMILES string of the molecule is Cc1cc([C@H](C(=O)N2C[C@H](O[Si](C)(C)C(C)(C)C)C[C@H]2C(=O)N[C@@H](C)c2ccc(-c3scnc3C#CCOCCOCCO)cc2)C(C)C)on1. The first kappa shape index (κ1) is 40.4. The van der Waals surface area contributed by atoms with Crippen LogP contribution in [0, 0.1) is 24.7 Å². The van der Waals surface area contributed by atoms with Gasteiger partial charge in [-0.15, -0.1) is 11.3 Å². The van der Waals surface area contributed by atoms with E-state index in [9.17, 15) is 9.59 Å². The van der Waals surface area contributed by atoms with E-state index in [1.54, 1.807) is 16.5 Å². The number of carbonyl (C=O) groups is 2. The van der Waals surface area contributed by atoms with E-state index in [0.717, 1.165) is 16.0 Å². The van der Waals surface area contributed by atoms with Gasteiger partial charge in [-0.05, 0) is 54.9 Å². The molecule has 0 aliphatic carbocycles. The Morgan fingerprint density at radius 3 is 2.47 bits per heavy atom. The van der Waals surface area contributed by atoms with Gasteiger partial charge in [0.1, 0.15) is 30.0 Å².